The van der Waals surface area contributed by atoms with E-state index in [0.29, 0.717) is 17.2 Å². The van der Waals surface area contributed by atoms with E-state index in [9.17, 15) is 0 Å². The minimum absolute atomic E-state index is 0.120. The first-order valence-corrected chi connectivity index (χ1v) is 9.22. The molecule has 3 heterocycles. The molecule has 20 heavy (non-hydrogen) atoms. The molecule has 2 unspecified atom stereocenters. The Balaban J connectivity index is 1.71. The van der Waals surface area contributed by atoms with Crippen LogP contribution < -0.4 is 5.73 Å². The first kappa shape index (κ1) is 14.5. The van der Waals surface area contributed by atoms with Crippen LogP contribution in [0.2, 0.25) is 0 Å². The highest BCUT2D eigenvalue weighted by Gasteiger charge is 2.41. The smallest absolute Gasteiger partial charge is 0.222 e. The van der Waals surface area contributed by atoms with Crippen molar-refractivity contribution in [1.82, 2.24) is 14.8 Å². The Bertz CT molecular complexity index is 471. The topological polar surface area (TPSA) is 66.0 Å². The molecule has 112 valence electrons. The van der Waals surface area contributed by atoms with Crippen molar-refractivity contribution in [3.63, 3.8) is 0 Å². The van der Waals surface area contributed by atoms with Gasteiger partial charge in [0, 0.05) is 23.7 Å². The second-order valence-corrected chi connectivity index (χ2v) is 8.24. The van der Waals surface area contributed by atoms with E-state index in [4.69, 9.17) is 10.5 Å². The third-order valence-corrected chi connectivity index (χ3v) is 6.44. The van der Waals surface area contributed by atoms with Crippen LogP contribution in [0.3, 0.4) is 0 Å². The summed E-state index contributed by atoms with van der Waals surface area (Å²) >= 11 is 3.83. The number of nitrogens with two attached hydrogens (primary N) is 1. The van der Waals surface area contributed by atoms with Gasteiger partial charge in [0.05, 0.1) is 5.60 Å². The van der Waals surface area contributed by atoms with Crippen molar-refractivity contribution in [1.29, 1.82) is 0 Å². The molecule has 1 spiro atoms. The van der Waals surface area contributed by atoms with Crippen molar-refractivity contribution < 1.29 is 4.74 Å². The number of hydrogen-bond donors (Lipinski definition) is 1. The molecule has 3 rings (SSSR count). The molecule has 0 aliphatic carbocycles. The molecule has 2 fully saturated rings. The standard InChI is InChI=1S/C13H22N4OS2/c1-9(2)17-11(14)15-16-12(17)20-10-3-5-18-13(7-10)4-6-19-8-13/h9-10H,3-8H2,1-2H3,(H2,14,15). The van der Waals surface area contributed by atoms with Crippen LogP contribution in [0.1, 0.15) is 39.2 Å². The van der Waals surface area contributed by atoms with Crippen LogP contribution in [-0.2, 0) is 4.74 Å². The highest BCUT2D eigenvalue weighted by Crippen LogP contribution is 2.43. The minimum Gasteiger partial charge on any atom is -0.374 e. The van der Waals surface area contributed by atoms with Crippen LogP contribution in [0.5, 0.6) is 0 Å². The molecule has 0 radical (unpaired) electrons. The van der Waals surface area contributed by atoms with Gasteiger partial charge in [-0.2, -0.15) is 11.8 Å². The van der Waals surface area contributed by atoms with Crippen LogP contribution >= 0.6 is 23.5 Å². The van der Waals surface area contributed by atoms with E-state index < -0.39 is 0 Å². The second kappa shape index (κ2) is 5.77. The van der Waals surface area contributed by atoms with Crippen molar-refractivity contribution >= 4 is 29.5 Å². The highest BCUT2D eigenvalue weighted by molar-refractivity contribution is 8.00. The largest absolute Gasteiger partial charge is 0.374 e. The summed E-state index contributed by atoms with van der Waals surface area (Å²) in [5, 5.41) is 9.79. The predicted molar refractivity (Wildman–Crippen MR) is 84.3 cm³/mol. The van der Waals surface area contributed by atoms with Gasteiger partial charge in [-0.25, -0.2) is 0 Å². The molecule has 7 heteroatoms. The monoisotopic (exact) mass is 314 g/mol. The zero-order valence-electron chi connectivity index (χ0n) is 12.0. The van der Waals surface area contributed by atoms with Gasteiger partial charge in [-0.05, 0) is 38.9 Å². The number of nitrogen functional groups attached to an aromatic ring is 1. The minimum atomic E-state index is 0.120. The Labute approximate surface area is 128 Å². The molecule has 0 aromatic carbocycles. The van der Waals surface area contributed by atoms with E-state index in [0.717, 1.165) is 30.4 Å². The SMILES string of the molecule is CC(C)n1c(N)nnc1SC1CCOC2(CCSC2)C1. The molecule has 2 aliphatic heterocycles. The Morgan fingerprint density at radius 3 is 3.05 bits per heavy atom. The fourth-order valence-corrected chi connectivity index (χ4v) is 5.73. The van der Waals surface area contributed by atoms with E-state index >= 15 is 0 Å². The van der Waals surface area contributed by atoms with Crippen LogP contribution in [0, 0.1) is 0 Å². The van der Waals surface area contributed by atoms with Crippen molar-refractivity contribution in [2.24, 2.45) is 0 Å². The lowest BCUT2D eigenvalue weighted by molar-refractivity contribution is -0.0562. The lowest BCUT2D eigenvalue weighted by Gasteiger charge is -2.37. The van der Waals surface area contributed by atoms with Crippen molar-refractivity contribution in [2.75, 3.05) is 23.8 Å². The van der Waals surface area contributed by atoms with E-state index in [1.807, 2.05) is 28.1 Å². The summed E-state index contributed by atoms with van der Waals surface area (Å²) < 4.78 is 8.10. The maximum absolute atomic E-state index is 6.08. The summed E-state index contributed by atoms with van der Waals surface area (Å²) in [5.41, 5.74) is 6.03. The molecule has 1 aromatic rings. The summed E-state index contributed by atoms with van der Waals surface area (Å²) in [5.74, 6) is 2.89. The molecule has 2 N–H and O–H groups in total. The van der Waals surface area contributed by atoms with E-state index in [1.54, 1.807) is 0 Å². The summed E-state index contributed by atoms with van der Waals surface area (Å²) in [7, 11) is 0. The maximum atomic E-state index is 6.08. The van der Waals surface area contributed by atoms with E-state index in [-0.39, 0.29) is 5.60 Å². The van der Waals surface area contributed by atoms with Gasteiger partial charge in [-0.15, -0.1) is 10.2 Å². The van der Waals surface area contributed by atoms with E-state index in [2.05, 4.69) is 24.0 Å². The van der Waals surface area contributed by atoms with Crippen LogP contribution in [0.4, 0.5) is 5.95 Å². The molecule has 1 aromatic heterocycles. The Morgan fingerprint density at radius 2 is 2.35 bits per heavy atom. The number of nitrogens with zero attached hydrogens (tertiary/aromatic N) is 3. The summed E-state index contributed by atoms with van der Waals surface area (Å²) in [6.07, 6.45) is 3.39. The summed E-state index contributed by atoms with van der Waals surface area (Å²) in [4.78, 5) is 0. The fraction of sp³-hybridized carbons (Fsp3) is 0.846. The quantitative estimate of drug-likeness (QED) is 0.925. The lowest BCUT2D eigenvalue weighted by atomic mass is 9.93. The first-order valence-electron chi connectivity index (χ1n) is 7.18. The molecule has 0 bridgehead atoms. The molecule has 2 aliphatic rings. The average molecular weight is 314 g/mol. The third-order valence-electron chi connectivity index (χ3n) is 3.99. The van der Waals surface area contributed by atoms with Crippen molar-refractivity contribution in [2.45, 2.75) is 55.2 Å². The number of rotatable bonds is 3. The molecule has 0 saturated carbocycles. The van der Waals surface area contributed by atoms with Gasteiger partial charge in [0.15, 0.2) is 5.16 Å². The van der Waals surface area contributed by atoms with Gasteiger partial charge < -0.3 is 10.5 Å². The highest BCUT2D eigenvalue weighted by atomic mass is 32.2. The van der Waals surface area contributed by atoms with Crippen molar-refractivity contribution in [3.05, 3.63) is 0 Å². The predicted octanol–water partition coefficient (Wildman–Crippen LogP) is 2.59. The third kappa shape index (κ3) is 2.80. The Hall–Kier alpha value is -0.400. The number of ether oxygens (including phenoxy) is 1. The molecular formula is C13H22N4OS2. The summed E-state index contributed by atoms with van der Waals surface area (Å²) in [6, 6.07) is 0.295. The van der Waals surface area contributed by atoms with Crippen LogP contribution in [0.15, 0.2) is 5.16 Å². The van der Waals surface area contributed by atoms with Gasteiger partial charge in [0.2, 0.25) is 5.95 Å². The molecular weight excluding hydrogens is 292 g/mol. The van der Waals surface area contributed by atoms with Gasteiger partial charge in [0.1, 0.15) is 0 Å². The van der Waals surface area contributed by atoms with Gasteiger partial charge in [-0.3, -0.25) is 4.57 Å². The van der Waals surface area contributed by atoms with Gasteiger partial charge >= 0.3 is 0 Å². The number of anilines is 1. The average Bonchev–Trinajstić information content (AvgIpc) is 2.97. The normalized spacial score (nSPS) is 30.4. The Kier molecular flexibility index (Phi) is 4.19. The summed E-state index contributed by atoms with van der Waals surface area (Å²) in [6.45, 7) is 5.09. The van der Waals surface area contributed by atoms with Crippen LogP contribution in [0.25, 0.3) is 0 Å². The fourth-order valence-electron chi connectivity index (χ4n) is 2.95. The zero-order valence-corrected chi connectivity index (χ0v) is 13.7. The van der Waals surface area contributed by atoms with Crippen LogP contribution in [-0.4, -0.2) is 43.7 Å². The van der Waals surface area contributed by atoms with E-state index in [1.165, 1.54) is 12.2 Å². The number of hydrogen-bond acceptors (Lipinski definition) is 6. The van der Waals surface area contributed by atoms with Gasteiger partial charge in [-0.1, -0.05) is 11.8 Å². The molecule has 0 amide bonds. The molecule has 2 atom stereocenters. The first-order chi connectivity index (χ1) is 9.60. The molecule has 5 nitrogen and oxygen atoms in total. The van der Waals surface area contributed by atoms with Gasteiger partial charge in [0.25, 0.3) is 0 Å². The zero-order chi connectivity index (χ0) is 14.2. The lowest BCUT2D eigenvalue weighted by Crippen LogP contribution is -2.41. The molecule has 2 saturated heterocycles. The Morgan fingerprint density at radius 1 is 1.50 bits per heavy atom. The number of thioether (sulfide) groups is 2. The number of aromatic nitrogens is 3. The van der Waals surface area contributed by atoms with Crippen molar-refractivity contribution in [3.8, 4) is 0 Å². The maximum Gasteiger partial charge on any atom is 0.222 e. The second-order valence-electron chi connectivity index (χ2n) is 5.87.